The summed E-state index contributed by atoms with van der Waals surface area (Å²) in [5.41, 5.74) is 2.95. The third kappa shape index (κ3) is 4.87. The Balaban J connectivity index is 1.97. The molecule has 0 amide bonds. The third-order valence-corrected chi connectivity index (χ3v) is 6.54. The summed E-state index contributed by atoms with van der Waals surface area (Å²) in [6, 6.07) is 9.20. The summed E-state index contributed by atoms with van der Waals surface area (Å²) in [7, 11) is -1.56. The number of pyridine rings is 1. The zero-order valence-corrected chi connectivity index (χ0v) is 18.7. The van der Waals surface area contributed by atoms with E-state index >= 15 is 0 Å². The van der Waals surface area contributed by atoms with Gasteiger partial charge in [-0.05, 0) is 42.4 Å². The number of benzene rings is 1. The Morgan fingerprint density at radius 3 is 2.76 bits per heavy atom. The van der Waals surface area contributed by atoms with Crippen LogP contribution in [0, 0.1) is 12.8 Å². The minimum Gasteiger partial charge on any atom is -0.449 e. The van der Waals surface area contributed by atoms with E-state index in [0.717, 1.165) is 21.9 Å². The van der Waals surface area contributed by atoms with Gasteiger partial charge in [-0.2, -0.15) is 0 Å². The summed E-state index contributed by atoms with van der Waals surface area (Å²) in [5.74, 6) is 1.34. The van der Waals surface area contributed by atoms with Crippen molar-refractivity contribution in [3.63, 3.8) is 0 Å². The van der Waals surface area contributed by atoms with Gasteiger partial charge >= 0.3 is 6.09 Å². The summed E-state index contributed by atoms with van der Waals surface area (Å²) >= 11 is 1.73. The lowest BCUT2D eigenvalue weighted by Gasteiger charge is -2.11. The lowest BCUT2D eigenvalue weighted by Crippen LogP contribution is -2.20. The second-order valence-corrected chi connectivity index (χ2v) is 9.64. The monoisotopic (exact) mass is 431 g/mol. The Hall–Kier alpha value is -2.19. The molecular formula is C21H25N3O3S2. The van der Waals surface area contributed by atoms with Gasteiger partial charge in [0.05, 0.1) is 39.9 Å². The summed E-state index contributed by atoms with van der Waals surface area (Å²) in [6.45, 7) is 8.29. The molecule has 0 fully saturated rings. The molecule has 154 valence electrons. The van der Waals surface area contributed by atoms with Crippen molar-refractivity contribution in [3.05, 3.63) is 47.8 Å². The smallest absolute Gasteiger partial charge is 0.420 e. The van der Waals surface area contributed by atoms with E-state index in [1.807, 2.05) is 39.0 Å². The van der Waals surface area contributed by atoms with Crippen LogP contribution in [0.2, 0.25) is 0 Å². The number of thioether (sulfide) groups is 1. The normalized spacial score (nSPS) is 12.4. The molecule has 2 heterocycles. The average molecular weight is 432 g/mol. The van der Waals surface area contributed by atoms with Crippen LogP contribution in [-0.4, -0.2) is 37.2 Å². The molecule has 0 bridgehead atoms. The number of nitrogens with zero attached hydrogens (tertiary/aromatic N) is 3. The Kier molecular flexibility index (Phi) is 7.08. The number of imidazole rings is 1. The van der Waals surface area contributed by atoms with E-state index in [2.05, 4.69) is 16.9 Å². The number of fused-ring (bicyclic) bond motifs is 1. The first kappa shape index (κ1) is 21.5. The second-order valence-electron chi connectivity index (χ2n) is 6.99. The van der Waals surface area contributed by atoms with E-state index in [-0.39, 0.29) is 23.4 Å². The third-order valence-electron chi connectivity index (χ3n) is 4.28. The fourth-order valence-electron chi connectivity index (χ4n) is 2.84. The van der Waals surface area contributed by atoms with Gasteiger partial charge in [-0.15, -0.1) is 11.8 Å². The predicted molar refractivity (Wildman–Crippen MR) is 117 cm³/mol. The topological polar surface area (TPSA) is 74.1 Å². The lowest BCUT2D eigenvalue weighted by molar-refractivity contribution is 0.133. The second kappa shape index (κ2) is 9.54. The van der Waals surface area contributed by atoms with Crippen molar-refractivity contribution in [1.82, 2.24) is 14.5 Å². The maximum absolute atomic E-state index is 13.2. The minimum atomic E-state index is -1.56. The van der Waals surface area contributed by atoms with Crippen LogP contribution in [-0.2, 0) is 21.3 Å². The quantitative estimate of drug-likeness (QED) is 0.500. The molecule has 0 aliphatic carbocycles. The Morgan fingerprint density at radius 2 is 2.03 bits per heavy atom. The fraction of sp³-hybridized carbons (Fsp3) is 0.381. The minimum absolute atomic E-state index is 0.185. The van der Waals surface area contributed by atoms with Gasteiger partial charge in [0, 0.05) is 11.1 Å². The van der Waals surface area contributed by atoms with E-state index in [1.54, 1.807) is 30.1 Å². The SMILES string of the molecule is CCSc1ccnc(CS(=O)c2nc3ccccc3n2C(=O)OCC(C)C)c1C. The highest BCUT2D eigenvalue weighted by molar-refractivity contribution is 7.99. The zero-order valence-electron chi connectivity index (χ0n) is 17.0. The van der Waals surface area contributed by atoms with Crippen LogP contribution in [0.1, 0.15) is 32.0 Å². The van der Waals surface area contributed by atoms with E-state index in [0.29, 0.717) is 11.0 Å². The highest BCUT2D eigenvalue weighted by Crippen LogP contribution is 2.26. The molecular weight excluding hydrogens is 406 g/mol. The number of rotatable bonds is 7. The zero-order chi connectivity index (χ0) is 21.0. The molecule has 0 aliphatic rings. The van der Waals surface area contributed by atoms with Crippen molar-refractivity contribution in [2.24, 2.45) is 5.92 Å². The highest BCUT2D eigenvalue weighted by atomic mass is 32.2. The van der Waals surface area contributed by atoms with Gasteiger partial charge in [0.2, 0.25) is 5.16 Å². The molecule has 1 aromatic carbocycles. The van der Waals surface area contributed by atoms with Gasteiger partial charge < -0.3 is 4.74 Å². The van der Waals surface area contributed by atoms with Crippen LogP contribution in [0.3, 0.4) is 0 Å². The number of carbonyl (C=O) groups excluding carboxylic acids is 1. The number of ether oxygens (including phenoxy) is 1. The summed E-state index contributed by atoms with van der Waals surface area (Å²) in [4.78, 5) is 22.8. The molecule has 0 saturated heterocycles. The molecule has 8 heteroatoms. The van der Waals surface area contributed by atoms with E-state index in [4.69, 9.17) is 4.74 Å². The van der Waals surface area contributed by atoms with Crippen LogP contribution in [0.25, 0.3) is 11.0 Å². The van der Waals surface area contributed by atoms with Crippen molar-refractivity contribution < 1.29 is 13.7 Å². The molecule has 0 spiro atoms. The van der Waals surface area contributed by atoms with E-state index < -0.39 is 16.9 Å². The predicted octanol–water partition coefficient (Wildman–Crippen LogP) is 4.80. The van der Waals surface area contributed by atoms with E-state index in [1.165, 1.54) is 4.57 Å². The van der Waals surface area contributed by atoms with Crippen LogP contribution in [0.15, 0.2) is 46.6 Å². The molecule has 29 heavy (non-hydrogen) atoms. The lowest BCUT2D eigenvalue weighted by atomic mass is 10.2. The number of para-hydroxylation sites is 2. The Morgan fingerprint density at radius 1 is 1.28 bits per heavy atom. The molecule has 2 aromatic heterocycles. The van der Waals surface area contributed by atoms with Crippen molar-refractivity contribution >= 4 is 39.7 Å². The van der Waals surface area contributed by atoms with Gasteiger partial charge in [0.25, 0.3) is 0 Å². The molecule has 0 radical (unpaired) electrons. The van der Waals surface area contributed by atoms with Gasteiger partial charge in [-0.3, -0.25) is 9.19 Å². The summed E-state index contributed by atoms with van der Waals surface area (Å²) in [6.07, 6.45) is 1.17. The average Bonchev–Trinajstić information content (AvgIpc) is 3.09. The highest BCUT2D eigenvalue weighted by Gasteiger charge is 2.23. The Bertz CT molecular complexity index is 1050. The van der Waals surface area contributed by atoms with Crippen molar-refractivity contribution in [2.75, 3.05) is 12.4 Å². The first-order valence-corrected chi connectivity index (χ1v) is 11.8. The number of aromatic nitrogens is 3. The maximum atomic E-state index is 13.2. The molecule has 0 saturated carbocycles. The van der Waals surface area contributed by atoms with Crippen LogP contribution in [0.5, 0.6) is 0 Å². The van der Waals surface area contributed by atoms with Crippen molar-refractivity contribution in [1.29, 1.82) is 0 Å². The standard InChI is InChI=1S/C21H25N3O3S2/c1-5-28-19-10-11-22-17(15(19)4)13-29(26)20-23-16-8-6-7-9-18(16)24(20)21(25)27-12-14(2)3/h6-11,14H,5,12-13H2,1-4H3. The Labute approximate surface area is 177 Å². The molecule has 3 aromatic rings. The molecule has 0 aliphatic heterocycles. The van der Waals surface area contributed by atoms with Gasteiger partial charge in [-0.25, -0.2) is 14.3 Å². The van der Waals surface area contributed by atoms with Gasteiger partial charge in [-0.1, -0.05) is 32.9 Å². The van der Waals surface area contributed by atoms with Gasteiger partial charge in [0.1, 0.15) is 0 Å². The molecule has 6 nitrogen and oxygen atoms in total. The molecule has 0 N–H and O–H groups in total. The largest absolute Gasteiger partial charge is 0.449 e. The van der Waals surface area contributed by atoms with Crippen LogP contribution >= 0.6 is 11.8 Å². The molecule has 1 atom stereocenters. The van der Waals surface area contributed by atoms with Crippen molar-refractivity contribution in [2.45, 2.75) is 43.5 Å². The molecule has 3 rings (SSSR count). The first-order valence-electron chi connectivity index (χ1n) is 9.52. The molecule has 1 unspecified atom stereocenters. The number of carbonyl (C=O) groups is 1. The fourth-order valence-corrected chi connectivity index (χ4v) is 4.89. The first-order chi connectivity index (χ1) is 13.9. The maximum Gasteiger partial charge on any atom is 0.420 e. The van der Waals surface area contributed by atoms with Crippen molar-refractivity contribution in [3.8, 4) is 0 Å². The summed E-state index contributed by atoms with van der Waals surface area (Å²) < 4.78 is 20.0. The number of hydrogen-bond donors (Lipinski definition) is 0. The van der Waals surface area contributed by atoms with Crippen LogP contribution in [0.4, 0.5) is 4.79 Å². The summed E-state index contributed by atoms with van der Waals surface area (Å²) in [5, 5.41) is 0.190. The number of hydrogen-bond acceptors (Lipinski definition) is 6. The van der Waals surface area contributed by atoms with E-state index in [9.17, 15) is 9.00 Å². The van der Waals surface area contributed by atoms with Gasteiger partial charge in [0.15, 0.2) is 0 Å². The van der Waals surface area contributed by atoms with Crippen LogP contribution < -0.4 is 0 Å².